The molecule has 1 rings (SSSR count). The standard InChI is InChI=1S/C13H18N4O2/c1-17(9-13(18)16-5-6-19-2)11-3-4-12(15)10(7-11)8-14/h3-4,7H,5-6,9,15H2,1-2H3,(H,16,18). The molecular weight excluding hydrogens is 244 g/mol. The number of benzene rings is 1. The molecule has 0 saturated heterocycles. The van der Waals surface area contributed by atoms with Crippen LogP contribution >= 0.6 is 0 Å². The number of nitrogens with one attached hydrogen (secondary N) is 1. The maximum Gasteiger partial charge on any atom is 0.239 e. The number of nitrogens with two attached hydrogens (primary N) is 1. The molecule has 0 spiro atoms. The number of amides is 1. The van der Waals surface area contributed by atoms with E-state index in [-0.39, 0.29) is 12.5 Å². The van der Waals surface area contributed by atoms with E-state index in [2.05, 4.69) is 5.32 Å². The van der Waals surface area contributed by atoms with E-state index in [9.17, 15) is 4.79 Å². The van der Waals surface area contributed by atoms with Crippen molar-refractivity contribution in [2.24, 2.45) is 0 Å². The fourth-order valence-electron chi connectivity index (χ4n) is 1.53. The minimum Gasteiger partial charge on any atom is -0.398 e. The van der Waals surface area contributed by atoms with Gasteiger partial charge in [-0.25, -0.2) is 0 Å². The molecule has 6 heteroatoms. The molecule has 0 saturated carbocycles. The van der Waals surface area contributed by atoms with Gasteiger partial charge in [-0.2, -0.15) is 5.26 Å². The average molecular weight is 262 g/mol. The van der Waals surface area contributed by atoms with Crippen LogP contribution in [-0.2, 0) is 9.53 Å². The van der Waals surface area contributed by atoms with Gasteiger partial charge in [0.15, 0.2) is 0 Å². The summed E-state index contributed by atoms with van der Waals surface area (Å²) in [6.45, 7) is 1.17. The second kappa shape index (κ2) is 7.24. The van der Waals surface area contributed by atoms with Crippen molar-refractivity contribution in [3.05, 3.63) is 23.8 Å². The third kappa shape index (κ3) is 4.48. The zero-order valence-electron chi connectivity index (χ0n) is 11.1. The van der Waals surface area contributed by atoms with E-state index < -0.39 is 0 Å². The second-order valence-corrected chi connectivity index (χ2v) is 4.08. The van der Waals surface area contributed by atoms with Gasteiger partial charge in [0.05, 0.1) is 18.7 Å². The molecule has 3 N–H and O–H groups in total. The summed E-state index contributed by atoms with van der Waals surface area (Å²) in [4.78, 5) is 13.4. The van der Waals surface area contributed by atoms with Crippen molar-refractivity contribution in [2.75, 3.05) is 44.5 Å². The summed E-state index contributed by atoms with van der Waals surface area (Å²) in [5.74, 6) is -0.102. The lowest BCUT2D eigenvalue weighted by Crippen LogP contribution is -2.36. The quantitative estimate of drug-likeness (QED) is 0.570. The maximum absolute atomic E-state index is 11.6. The smallest absolute Gasteiger partial charge is 0.239 e. The van der Waals surface area contributed by atoms with Crippen LogP contribution in [0, 0.1) is 11.3 Å². The number of nitriles is 1. The summed E-state index contributed by atoms with van der Waals surface area (Å²) < 4.78 is 4.85. The SMILES string of the molecule is COCCNC(=O)CN(C)c1ccc(N)c(C#N)c1. The minimum absolute atomic E-state index is 0.102. The second-order valence-electron chi connectivity index (χ2n) is 4.08. The van der Waals surface area contributed by atoms with Gasteiger partial charge >= 0.3 is 0 Å². The number of nitrogens with zero attached hydrogens (tertiary/aromatic N) is 2. The molecule has 0 aliphatic rings. The van der Waals surface area contributed by atoms with E-state index in [0.717, 1.165) is 5.69 Å². The summed E-state index contributed by atoms with van der Waals surface area (Å²) in [6, 6.07) is 7.12. The molecule has 0 radical (unpaired) electrons. The van der Waals surface area contributed by atoms with E-state index in [1.54, 1.807) is 37.3 Å². The fraction of sp³-hybridized carbons (Fsp3) is 0.385. The molecule has 1 amide bonds. The highest BCUT2D eigenvalue weighted by atomic mass is 16.5. The highest BCUT2D eigenvalue weighted by molar-refractivity contribution is 5.81. The van der Waals surface area contributed by atoms with Gasteiger partial charge in [-0.1, -0.05) is 0 Å². The first-order chi connectivity index (χ1) is 9.08. The Morgan fingerprint density at radius 3 is 2.95 bits per heavy atom. The number of rotatable bonds is 6. The van der Waals surface area contributed by atoms with Crippen LogP contribution in [0.3, 0.4) is 0 Å². The van der Waals surface area contributed by atoms with Crippen molar-refractivity contribution < 1.29 is 9.53 Å². The summed E-state index contributed by atoms with van der Waals surface area (Å²) >= 11 is 0. The minimum atomic E-state index is -0.102. The predicted molar refractivity (Wildman–Crippen MR) is 73.7 cm³/mol. The Kier molecular flexibility index (Phi) is 5.64. The van der Waals surface area contributed by atoms with Gasteiger partial charge in [-0.15, -0.1) is 0 Å². The van der Waals surface area contributed by atoms with Gasteiger partial charge in [-0.3, -0.25) is 4.79 Å². The molecule has 19 heavy (non-hydrogen) atoms. The Hall–Kier alpha value is -2.26. The first kappa shape index (κ1) is 14.8. The lowest BCUT2D eigenvalue weighted by molar-refractivity contribution is -0.119. The van der Waals surface area contributed by atoms with Gasteiger partial charge in [0.25, 0.3) is 0 Å². The summed E-state index contributed by atoms with van der Waals surface area (Å²) in [5.41, 5.74) is 7.26. The molecule has 0 aromatic heterocycles. The molecule has 0 heterocycles. The molecule has 0 fully saturated rings. The first-order valence-corrected chi connectivity index (χ1v) is 5.85. The molecule has 0 bridgehead atoms. The van der Waals surface area contributed by atoms with Crippen LogP contribution in [0.15, 0.2) is 18.2 Å². The highest BCUT2D eigenvalue weighted by Gasteiger charge is 2.08. The topological polar surface area (TPSA) is 91.4 Å². The first-order valence-electron chi connectivity index (χ1n) is 5.85. The van der Waals surface area contributed by atoms with E-state index in [0.29, 0.717) is 24.4 Å². The van der Waals surface area contributed by atoms with E-state index in [4.69, 9.17) is 15.7 Å². The third-order valence-electron chi connectivity index (χ3n) is 2.61. The average Bonchev–Trinajstić information content (AvgIpc) is 2.39. The van der Waals surface area contributed by atoms with Crippen molar-refractivity contribution in [2.45, 2.75) is 0 Å². The third-order valence-corrected chi connectivity index (χ3v) is 2.61. The summed E-state index contributed by atoms with van der Waals surface area (Å²) in [6.07, 6.45) is 0. The Morgan fingerprint density at radius 2 is 2.32 bits per heavy atom. The molecular formula is C13H18N4O2. The molecule has 1 aromatic rings. The fourth-order valence-corrected chi connectivity index (χ4v) is 1.53. The van der Waals surface area contributed by atoms with Gasteiger partial charge in [0.2, 0.25) is 5.91 Å². The van der Waals surface area contributed by atoms with Crippen molar-refractivity contribution >= 4 is 17.3 Å². The van der Waals surface area contributed by atoms with Gasteiger partial charge in [0.1, 0.15) is 6.07 Å². The van der Waals surface area contributed by atoms with Crippen LogP contribution in [0.25, 0.3) is 0 Å². The summed E-state index contributed by atoms with van der Waals surface area (Å²) in [5, 5.41) is 11.6. The monoisotopic (exact) mass is 262 g/mol. The zero-order chi connectivity index (χ0) is 14.3. The van der Waals surface area contributed by atoms with Crippen molar-refractivity contribution in [1.29, 1.82) is 5.26 Å². The van der Waals surface area contributed by atoms with Crippen LogP contribution in [0.2, 0.25) is 0 Å². The number of anilines is 2. The molecule has 0 aliphatic heterocycles. The normalized spacial score (nSPS) is 9.74. The van der Waals surface area contributed by atoms with E-state index in [1.807, 2.05) is 6.07 Å². The van der Waals surface area contributed by atoms with Crippen LogP contribution in [0.4, 0.5) is 11.4 Å². The molecule has 0 unspecified atom stereocenters. The van der Waals surface area contributed by atoms with Gasteiger partial charge < -0.3 is 20.7 Å². The number of nitrogen functional groups attached to an aromatic ring is 1. The van der Waals surface area contributed by atoms with Crippen molar-refractivity contribution in [1.82, 2.24) is 5.32 Å². The molecule has 0 aliphatic carbocycles. The van der Waals surface area contributed by atoms with E-state index in [1.165, 1.54) is 0 Å². The number of carbonyl (C=O) groups excluding carboxylic acids is 1. The number of hydrogen-bond donors (Lipinski definition) is 2. The van der Waals surface area contributed by atoms with Crippen molar-refractivity contribution in [3.63, 3.8) is 0 Å². The Morgan fingerprint density at radius 1 is 1.58 bits per heavy atom. The van der Waals surface area contributed by atoms with Crippen LogP contribution < -0.4 is 16.0 Å². The Bertz CT molecular complexity index is 482. The Balaban J connectivity index is 2.60. The number of hydrogen-bond acceptors (Lipinski definition) is 5. The molecule has 0 atom stereocenters. The van der Waals surface area contributed by atoms with Gasteiger partial charge in [-0.05, 0) is 18.2 Å². The van der Waals surface area contributed by atoms with Crippen molar-refractivity contribution in [3.8, 4) is 6.07 Å². The van der Waals surface area contributed by atoms with Crippen LogP contribution in [0.5, 0.6) is 0 Å². The highest BCUT2D eigenvalue weighted by Crippen LogP contribution is 2.19. The van der Waals surface area contributed by atoms with E-state index >= 15 is 0 Å². The largest absolute Gasteiger partial charge is 0.398 e. The van der Waals surface area contributed by atoms with Crippen LogP contribution in [-0.4, -0.2) is 39.8 Å². The lowest BCUT2D eigenvalue weighted by atomic mass is 10.1. The molecule has 1 aromatic carbocycles. The predicted octanol–water partition coefficient (Wildman–Crippen LogP) is 0.339. The van der Waals surface area contributed by atoms with Crippen LogP contribution in [0.1, 0.15) is 5.56 Å². The molecule has 102 valence electrons. The number of methoxy groups -OCH3 is 1. The number of carbonyl (C=O) groups is 1. The lowest BCUT2D eigenvalue weighted by Gasteiger charge is -2.19. The maximum atomic E-state index is 11.6. The summed E-state index contributed by atoms with van der Waals surface area (Å²) in [7, 11) is 3.36. The number of likely N-dealkylation sites (N-methyl/N-ethyl adjacent to an activating group) is 1. The Labute approximate surface area is 112 Å². The molecule has 6 nitrogen and oxygen atoms in total. The van der Waals surface area contributed by atoms with Gasteiger partial charge in [0, 0.05) is 32.1 Å². The number of ether oxygens (including phenoxy) is 1. The zero-order valence-corrected chi connectivity index (χ0v) is 11.1.